The lowest BCUT2D eigenvalue weighted by atomic mass is 9.84. The zero-order valence-corrected chi connectivity index (χ0v) is 13.7. The van der Waals surface area contributed by atoms with Crippen molar-refractivity contribution in [1.29, 1.82) is 0 Å². The number of carbonyl (C=O) groups is 1. The fraction of sp³-hybridized carbons (Fsp3) is 0.722. The quantitative estimate of drug-likeness (QED) is 0.395. The largest absolute Gasteiger partial charge is 0.481 e. The topological polar surface area (TPSA) is 37.3 Å². The highest BCUT2D eigenvalue weighted by Gasteiger charge is 2.14. The maximum absolute atomic E-state index is 10.5. The normalized spacial score (nSPS) is 14.2. The van der Waals surface area contributed by atoms with E-state index in [1.165, 1.54) is 18.4 Å². The van der Waals surface area contributed by atoms with Crippen molar-refractivity contribution in [2.75, 3.05) is 0 Å². The molecule has 1 N–H and O–H groups in total. The van der Waals surface area contributed by atoms with Crippen LogP contribution in [0.5, 0.6) is 0 Å². The van der Waals surface area contributed by atoms with Gasteiger partial charge in [-0.25, -0.2) is 0 Å². The lowest BCUT2D eigenvalue weighted by molar-refractivity contribution is -0.137. The molecule has 0 aliphatic rings. The molecule has 0 aliphatic heterocycles. The lowest BCUT2D eigenvalue weighted by Crippen LogP contribution is -2.10. The van der Waals surface area contributed by atoms with E-state index in [9.17, 15) is 4.79 Å². The molecular formula is C18H32O2. The maximum atomic E-state index is 10.5. The van der Waals surface area contributed by atoms with Gasteiger partial charge in [0.15, 0.2) is 0 Å². The van der Waals surface area contributed by atoms with Crippen molar-refractivity contribution in [3.63, 3.8) is 0 Å². The Hall–Kier alpha value is -1.05. The molecule has 116 valence electrons. The Morgan fingerprint density at radius 1 is 1.15 bits per heavy atom. The molecule has 0 saturated carbocycles. The number of rotatable bonds is 11. The van der Waals surface area contributed by atoms with Crippen LogP contribution >= 0.6 is 0 Å². The minimum atomic E-state index is -0.674. The number of allylic oxidation sites excluding steroid dienone is 4. The van der Waals surface area contributed by atoms with Crippen molar-refractivity contribution in [3.8, 4) is 0 Å². The molecule has 0 saturated heterocycles. The molecule has 0 rings (SSSR count). The SMILES string of the molecule is CC=CCCC(C=C(C)C)C(C)CCCCCC(=O)O. The standard InChI is InChI=1S/C18H32O2/c1-5-6-8-12-17(14-15(2)3)16(4)11-9-7-10-13-18(19)20/h5-6,14,16-17H,7-13H2,1-4H3,(H,19,20). The monoisotopic (exact) mass is 280 g/mol. The van der Waals surface area contributed by atoms with E-state index in [4.69, 9.17) is 5.11 Å². The van der Waals surface area contributed by atoms with Crippen molar-refractivity contribution in [2.24, 2.45) is 11.8 Å². The van der Waals surface area contributed by atoms with Crippen LogP contribution in [0.4, 0.5) is 0 Å². The summed E-state index contributed by atoms with van der Waals surface area (Å²) in [5, 5.41) is 8.62. The average Bonchev–Trinajstić information content (AvgIpc) is 2.36. The van der Waals surface area contributed by atoms with Crippen LogP contribution in [0.15, 0.2) is 23.8 Å². The summed E-state index contributed by atoms with van der Waals surface area (Å²) in [5.41, 5.74) is 1.40. The first-order valence-electron chi connectivity index (χ1n) is 7.95. The number of carboxylic acid groups (broad SMARTS) is 1. The van der Waals surface area contributed by atoms with Crippen LogP contribution in [0.2, 0.25) is 0 Å². The van der Waals surface area contributed by atoms with Gasteiger partial charge in [0.25, 0.3) is 0 Å². The van der Waals surface area contributed by atoms with Crippen molar-refractivity contribution in [2.45, 2.75) is 72.6 Å². The molecule has 0 fully saturated rings. The Balaban J connectivity index is 4.09. The third-order valence-electron chi connectivity index (χ3n) is 3.73. The van der Waals surface area contributed by atoms with E-state index in [1.807, 2.05) is 0 Å². The molecule has 0 spiro atoms. The van der Waals surface area contributed by atoms with Gasteiger partial charge in [-0.15, -0.1) is 0 Å². The van der Waals surface area contributed by atoms with Gasteiger partial charge in [-0.2, -0.15) is 0 Å². The Morgan fingerprint density at radius 3 is 2.40 bits per heavy atom. The number of carboxylic acids is 1. The third kappa shape index (κ3) is 10.8. The molecule has 2 atom stereocenters. The van der Waals surface area contributed by atoms with Gasteiger partial charge in [-0.05, 0) is 51.9 Å². The number of aliphatic carboxylic acids is 1. The van der Waals surface area contributed by atoms with Gasteiger partial charge in [-0.1, -0.05) is 50.0 Å². The van der Waals surface area contributed by atoms with E-state index >= 15 is 0 Å². The molecule has 0 bridgehead atoms. The van der Waals surface area contributed by atoms with Crippen LogP contribution in [-0.4, -0.2) is 11.1 Å². The Morgan fingerprint density at radius 2 is 1.85 bits per heavy atom. The van der Waals surface area contributed by atoms with E-state index in [2.05, 4.69) is 45.9 Å². The van der Waals surface area contributed by atoms with E-state index in [-0.39, 0.29) is 0 Å². The van der Waals surface area contributed by atoms with Gasteiger partial charge in [0.1, 0.15) is 0 Å². The molecule has 0 amide bonds. The van der Waals surface area contributed by atoms with Crippen LogP contribution in [-0.2, 0) is 4.79 Å². The minimum Gasteiger partial charge on any atom is -0.481 e. The molecule has 2 heteroatoms. The van der Waals surface area contributed by atoms with Gasteiger partial charge in [0.05, 0.1) is 0 Å². The summed E-state index contributed by atoms with van der Waals surface area (Å²) in [6.45, 7) is 8.74. The highest BCUT2D eigenvalue weighted by atomic mass is 16.4. The zero-order valence-electron chi connectivity index (χ0n) is 13.7. The molecule has 0 aromatic carbocycles. The van der Waals surface area contributed by atoms with Gasteiger partial charge in [0.2, 0.25) is 0 Å². The highest BCUT2D eigenvalue weighted by molar-refractivity contribution is 5.66. The summed E-state index contributed by atoms with van der Waals surface area (Å²) in [5.74, 6) is 0.655. The van der Waals surface area contributed by atoms with Crippen LogP contribution < -0.4 is 0 Å². The molecular weight excluding hydrogens is 248 g/mol. The van der Waals surface area contributed by atoms with Crippen molar-refractivity contribution in [1.82, 2.24) is 0 Å². The zero-order chi connectivity index (χ0) is 15.4. The number of unbranched alkanes of at least 4 members (excludes halogenated alkanes) is 2. The molecule has 0 aromatic rings. The second-order valence-electron chi connectivity index (χ2n) is 6.02. The van der Waals surface area contributed by atoms with Gasteiger partial charge in [0, 0.05) is 6.42 Å². The highest BCUT2D eigenvalue weighted by Crippen LogP contribution is 2.26. The van der Waals surface area contributed by atoms with Gasteiger partial charge in [-0.3, -0.25) is 4.79 Å². The number of hydrogen-bond acceptors (Lipinski definition) is 1. The van der Waals surface area contributed by atoms with Crippen molar-refractivity contribution in [3.05, 3.63) is 23.8 Å². The Bertz CT molecular complexity index is 311. The lowest BCUT2D eigenvalue weighted by Gasteiger charge is -2.21. The Kier molecular flexibility index (Phi) is 11.1. The summed E-state index contributed by atoms with van der Waals surface area (Å²) in [7, 11) is 0. The summed E-state index contributed by atoms with van der Waals surface area (Å²) < 4.78 is 0. The molecule has 0 radical (unpaired) electrons. The summed E-state index contributed by atoms with van der Waals surface area (Å²) >= 11 is 0. The first kappa shape index (κ1) is 18.9. The smallest absolute Gasteiger partial charge is 0.303 e. The maximum Gasteiger partial charge on any atom is 0.303 e. The second kappa shape index (κ2) is 11.7. The van der Waals surface area contributed by atoms with Crippen LogP contribution in [0, 0.1) is 11.8 Å². The molecule has 0 aromatic heterocycles. The van der Waals surface area contributed by atoms with E-state index < -0.39 is 5.97 Å². The van der Waals surface area contributed by atoms with E-state index in [0.29, 0.717) is 18.3 Å². The van der Waals surface area contributed by atoms with Gasteiger partial charge < -0.3 is 5.11 Å². The van der Waals surface area contributed by atoms with Crippen LogP contribution in [0.25, 0.3) is 0 Å². The predicted molar refractivity (Wildman–Crippen MR) is 86.9 cm³/mol. The minimum absolute atomic E-state index is 0.313. The summed E-state index contributed by atoms with van der Waals surface area (Å²) in [6, 6.07) is 0. The second-order valence-corrected chi connectivity index (χ2v) is 6.02. The first-order chi connectivity index (χ1) is 9.47. The molecule has 0 aliphatic carbocycles. The molecule has 2 unspecified atom stereocenters. The van der Waals surface area contributed by atoms with Crippen LogP contribution in [0.1, 0.15) is 72.6 Å². The first-order valence-corrected chi connectivity index (χ1v) is 7.95. The Labute approximate surface area is 125 Å². The fourth-order valence-corrected chi connectivity index (χ4v) is 2.55. The van der Waals surface area contributed by atoms with Gasteiger partial charge >= 0.3 is 5.97 Å². The van der Waals surface area contributed by atoms with E-state index in [0.717, 1.165) is 25.7 Å². The van der Waals surface area contributed by atoms with Crippen molar-refractivity contribution >= 4 is 5.97 Å². The van der Waals surface area contributed by atoms with Crippen molar-refractivity contribution < 1.29 is 9.90 Å². The summed E-state index contributed by atoms with van der Waals surface area (Å²) in [4.78, 5) is 10.5. The van der Waals surface area contributed by atoms with Crippen LogP contribution in [0.3, 0.4) is 0 Å². The predicted octanol–water partition coefficient (Wildman–Crippen LogP) is 5.60. The number of hydrogen-bond donors (Lipinski definition) is 1. The molecule has 2 nitrogen and oxygen atoms in total. The fourth-order valence-electron chi connectivity index (χ4n) is 2.55. The van der Waals surface area contributed by atoms with E-state index in [1.54, 1.807) is 0 Å². The average molecular weight is 280 g/mol. The molecule has 0 heterocycles. The molecule has 20 heavy (non-hydrogen) atoms. The third-order valence-corrected chi connectivity index (χ3v) is 3.73. The summed E-state index contributed by atoms with van der Waals surface area (Å²) in [6.07, 6.45) is 13.6.